The van der Waals surface area contributed by atoms with E-state index in [-0.39, 0.29) is 6.04 Å². The molecule has 1 atom stereocenters. The fraction of sp³-hybridized carbons (Fsp3) is 0.440. The summed E-state index contributed by atoms with van der Waals surface area (Å²) in [6.45, 7) is 5.31. The van der Waals surface area contributed by atoms with Gasteiger partial charge in [0.1, 0.15) is 0 Å². The fourth-order valence-corrected chi connectivity index (χ4v) is 4.83. The van der Waals surface area contributed by atoms with Crippen LogP contribution in [0, 0.1) is 6.92 Å². The molecule has 1 saturated heterocycles. The van der Waals surface area contributed by atoms with Gasteiger partial charge in [0.15, 0.2) is 0 Å². The Hall–Kier alpha value is -2.57. The maximum atomic E-state index is 12.6. The molecule has 2 N–H and O–H groups in total. The summed E-state index contributed by atoms with van der Waals surface area (Å²) in [5, 5.41) is 6.06. The number of piperidine rings is 1. The van der Waals surface area contributed by atoms with Crippen molar-refractivity contribution in [3.63, 3.8) is 0 Å². The average Bonchev–Trinajstić information content (AvgIpc) is 3.17. The molecule has 170 valence electrons. The molecule has 0 radical (unpaired) electrons. The van der Waals surface area contributed by atoms with Crippen LogP contribution >= 0.6 is 11.6 Å². The van der Waals surface area contributed by atoms with Gasteiger partial charge >= 0.3 is 11.8 Å². The summed E-state index contributed by atoms with van der Waals surface area (Å²) in [6, 6.07) is 11.9. The lowest BCUT2D eigenvalue weighted by atomic mass is 9.98. The molecule has 2 heterocycles. The summed E-state index contributed by atoms with van der Waals surface area (Å²) < 4.78 is 0. The first-order chi connectivity index (χ1) is 15.4. The lowest BCUT2D eigenvalue weighted by Crippen LogP contribution is -2.43. The second-order valence-corrected chi connectivity index (χ2v) is 9.23. The summed E-state index contributed by atoms with van der Waals surface area (Å²) >= 11 is 6.03. The number of aryl methyl sites for hydroxylation is 1. The molecule has 2 aromatic carbocycles. The third kappa shape index (κ3) is 5.08. The standard InChI is InChI=1S/C25H31ClN4O2/c1-17-6-8-20(26)15-21(17)28-25(32)24(31)27-16-23(30-11-4-3-5-12-30)18-7-9-22-19(14-18)10-13-29(22)2/h6-9,14-15,23H,3-5,10-13,16H2,1-2H3,(H,27,31)(H,28,32). The molecule has 4 rings (SSSR count). The summed E-state index contributed by atoms with van der Waals surface area (Å²) in [5.74, 6) is -1.31. The highest BCUT2D eigenvalue weighted by Crippen LogP contribution is 2.32. The number of halogens is 1. The number of nitrogens with one attached hydrogen (secondary N) is 2. The third-order valence-corrected chi connectivity index (χ3v) is 6.79. The van der Waals surface area contributed by atoms with Crippen LogP contribution in [0.15, 0.2) is 36.4 Å². The van der Waals surface area contributed by atoms with E-state index in [0.29, 0.717) is 17.3 Å². The smallest absolute Gasteiger partial charge is 0.313 e. The van der Waals surface area contributed by atoms with E-state index in [1.807, 2.05) is 13.0 Å². The normalized spacial score (nSPS) is 17.0. The molecule has 0 spiro atoms. The van der Waals surface area contributed by atoms with Crippen molar-refractivity contribution < 1.29 is 9.59 Å². The molecule has 1 unspecified atom stereocenters. The molecular formula is C25H31ClN4O2. The molecule has 2 amide bonds. The largest absolute Gasteiger partial charge is 0.374 e. The molecule has 0 bridgehead atoms. The summed E-state index contributed by atoms with van der Waals surface area (Å²) in [6.07, 6.45) is 4.60. The van der Waals surface area contributed by atoms with E-state index >= 15 is 0 Å². The quantitative estimate of drug-likeness (QED) is 0.672. The van der Waals surface area contributed by atoms with Crippen molar-refractivity contribution in [3.8, 4) is 0 Å². The molecule has 32 heavy (non-hydrogen) atoms. The minimum absolute atomic E-state index is 0.0520. The van der Waals surface area contributed by atoms with Gasteiger partial charge < -0.3 is 15.5 Å². The first-order valence-electron chi connectivity index (χ1n) is 11.4. The van der Waals surface area contributed by atoms with Gasteiger partial charge in [0.25, 0.3) is 0 Å². The van der Waals surface area contributed by atoms with Gasteiger partial charge in [0.05, 0.1) is 6.04 Å². The van der Waals surface area contributed by atoms with E-state index in [1.54, 1.807) is 12.1 Å². The Balaban J connectivity index is 1.46. The third-order valence-electron chi connectivity index (χ3n) is 6.56. The van der Waals surface area contributed by atoms with Crippen LogP contribution in [0.4, 0.5) is 11.4 Å². The highest BCUT2D eigenvalue weighted by Gasteiger charge is 2.26. The minimum Gasteiger partial charge on any atom is -0.374 e. The number of likely N-dealkylation sites (N-methyl/N-ethyl adjacent to an activating group) is 1. The van der Waals surface area contributed by atoms with E-state index < -0.39 is 11.8 Å². The fourth-order valence-electron chi connectivity index (χ4n) is 4.66. The molecule has 0 saturated carbocycles. The lowest BCUT2D eigenvalue weighted by molar-refractivity contribution is -0.136. The zero-order chi connectivity index (χ0) is 22.7. The molecule has 2 aliphatic heterocycles. The number of fused-ring (bicyclic) bond motifs is 1. The molecule has 7 heteroatoms. The zero-order valence-electron chi connectivity index (χ0n) is 18.8. The van der Waals surface area contributed by atoms with Gasteiger partial charge in [-0.1, -0.05) is 36.2 Å². The highest BCUT2D eigenvalue weighted by atomic mass is 35.5. The number of benzene rings is 2. The van der Waals surface area contributed by atoms with Crippen molar-refractivity contribution >= 4 is 34.8 Å². The second-order valence-electron chi connectivity index (χ2n) is 8.80. The van der Waals surface area contributed by atoms with Crippen molar-refractivity contribution in [1.29, 1.82) is 0 Å². The first-order valence-corrected chi connectivity index (χ1v) is 11.7. The Labute approximate surface area is 194 Å². The monoisotopic (exact) mass is 454 g/mol. The number of amides is 2. The molecule has 1 fully saturated rings. The van der Waals surface area contributed by atoms with Crippen LogP contribution in [0.5, 0.6) is 0 Å². The second kappa shape index (κ2) is 9.92. The SMILES string of the molecule is Cc1ccc(Cl)cc1NC(=O)C(=O)NCC(c1ccc2c(c1)CCN2C)N1CCCCC1. The van der Waals surface area contributed by atoms with E-state index in [4.69, 9.17) is 11.6 Å². The van der Waals surface area contributed by atoms with Gasteiger partial charge in [-0.3, -0.25) is 14.5 Å². The van der Waals surface area contributed by atoms with Crippen LogP contribution < -0.4 is 15.5 Å². The van der Waals surface area contributed by atoms with Crippen molar-refractivity contribution in [2.45, 2.75) is 38.6 Å². The van der Waals surface area contributed by atoms with E-state index in [2.05, 4.69) is 45.7 Å². The average molecular weight is 455 g/mol. The Kier molecular flexibility index (Phi) is 7.01. The Bertz CT molecular complexity index is 1000. The van der Waals surface area contributed by atoms with Gasteiger partial charge in [-0.15, -0.1) is 0 Å². The topological polar surface area (TPSA) is 64.7 Å². The van der Waals surface area contributed by atoms with Crippen molar-refractivity contribution in [2.24, 2.45) is 0 Å². The molecular weight excluding hydrogens is 424 g/mol. The van der Waals surface area contributed by atoms with E-state index in [0.717, 1.165) is 44.5 Å². The minimum atomic E-state index is -0.677. The summed E-state index contributed by atoms with van der Waals surface area (Å²) in [4.78, 5) is 29.8. The first kappa shape index (κ1) is 22.6. The number of hydrogen-bond acceptors (Lipinski definition) is 4. The van der Waals surface area contributed by atoms with Gasteiger partial charge in [-0.2, -0.15) is 0 Å². The number of nitrogens with zero attached hydrogens (tertiary/aromatic N) is 2. The molecule has 0 aliphatic carbocycles. The maximum absolute atomic E-state index is 12.6. The number of anilines is 2. The molecule has 6 nitrogen and oxygen atoms in total. The highest BCUT2D eigenvalue weighted by molar-refractivity contribution is 6.40. The Morgan fingerprint density at radius 2 is 1.81 bits per heavy atom. The predicted octanol–water partition coefficient (Wildman–Crippen LogP) is 3.92. The summed E-state index contributed by atoms with van der Waals surface area (Å²) in [5.41, 5.74) is 5.24. The van der Waals surface area contributed by atoms with Crippen molar-refractivity contribution in [3.05, 3.63) is 58.1 Å². The van der Waals surface area contributed by atoms with Crippen LogP contribution in [0.1, 0.15) is 42.0 Å². The number of rotatable bonds is 5. The van der Waals surface area contributed by atoms with Gasteiger partial charge in [0.2, 0.25) is 0 Å². The van der Waals surface area contributed by atoms with Gasteiger partial charge in [0, 0.05) is 36.5 Å². The predicted molar refractivity (Wildman–Crippen MR) is 129 cm³/mol. The van der Waals surface area contributed by atoms with Crippen LogP contribution in [0.2, 0.25) is 5.02 Å². The summed E-state index contributed by atoms with van der Waals surface area (Å²) in [7, 11) is 2.12. The number of carbonyl (C=O) groups is 2. The van der Waals surface area contributed by atoms with Crippen LogP contribution in [0.25, 0.3) is 0 Å². The van der Waals surface area contributed by atoms with Crippen LogP contribution in [-0.2, 0) is 16.0 Å². The van der Waals surface area contributed by atoms with Crippen LogP contribution in [-0.4, -0.2) is 49.9 Å². The van der Waals surface area contributed by atoms with E-state index in [9.17, 15) is 9.59 Å². The van der Waals surface area contributed by atoms with Gasteiger partial charge in [-0.05, 0) is 74.2 Å². The van der Waals surface area contributed by atoms with Crippen molar-refractivity contribution in [1.82, 2.24) is 10.2 Å². The number of likely N-dealkylation sites (tertiary alicyclic amines) is 1. The Morgan fingerprint density at radius 1 is 1.03 bits per heavy atom. The molecule has 0 aromatic heterocycles. The van der Waals surface area contributed by atoms with Gasteiger partial charge in [-0.25, -0.2) is 0 Å². The molecule has 2 aromatic rings. The van der Waals surface area contributed by atoms with E-state index in [1.165, 1.54) is 23.2 Å². The lowest BCUT2D eigenvalue weighted by Gasteiger charge is -2.35. The number of carbonyl (C=O) groups excluding carboxylic acids is 2. The zero-order valence-corrected chi connectivity index (χ0v) is 19.5. The molecule has 2 aliphatic rings. The Morgan fingerprint density at radius 3 is 2.59 bits per heavy atom. The number of hydrogen-bond donors (Lipinski definition) is 2. The van der Waals surface area contributed by atoms with Crippen molar-refractivity contribution in [2.75, 3.05) is 43.4 Å². The van der Waals surface area contributed by atoms with Crippen LogP contribution in [0.3, 0.4) is 0 Å². The maximum Gasteiger partial charge on any atom is 0.313 e.